The highest BCUT2D eigenvalue weighted by Crippen LogP contribution is 2.24. The molecule has 0 saturated heterocycles. The van der Waals surface area contributed by atoms with E-state index >= 15 is 0 Å². The Morgan fingerprint density at radius 2 is 1.93 bits per heavy atom. The molecule has 0 aliphatic heterocycles. The van der Waals surface area contributed by atoms with Gasteiger partial charge in [0.25, 0.3) is 5.91 Å². The van der Waals surface area contributed by atoms with Crippen molar-refractivity contribution in [1.29, 1.82) is 0 Å². The van der Waals surface area contributed by atoms with Crippen LogP contribution in [0.2, 0.25) is 5.02 Å². The summed E-state index contributed by atoms with van der Waals surface area (Å²) in [7, 11) is 0. The number of anilines is 1. The lowest BCUT2D eigenvalue weighted by Crippen LogP contribution is -2.25. The van der Waals surface area contributed by atoms with Crippen LogP contribution in [0.25, 0.3) is 11.8 Å². The summed E-state index contributed by atoms with van der Waals surface area (Å²) in [4.78, 5) is 28.2. The molecule has 1 fully saturated rings. The lowest BCUT2D eigenvalue weighted by molar-refractivity contribution is -0.111. The number of amides is 2. The maximum atomic E-state index is 12.2. The SMILES string of the molecule is O=C(/C=C/c1ccc(C(=O)NC2CC2)cc1)Nc1ccc(-n2ccnc2)c(Cl)c1. The molecule has 1 aliphatic carbocycles. The molecule has 0 atom stereocenters. The molecule has 2 aromatic carbocycles. The zero-order chi connectivity index (χ0) is 20.2. The Kier molecular flexibility index (Phi) is 5.44. The third-order valence-electron chi connectivity index (χ3n) is 4.51. The van der Waals surface area contributed by atoms with E-state index in [1.807, 2.05) is 18.2 Å². The van der Waals surface area contributed by atoms with Crippen molar-refractivity contribution in [1.82, 2.24) is 14.9 Å². The Balaban J connectivity index is 1.36. The van der Waals surface area contributed by atoms with Crippen LogP contribution in [0.3, 0.4) is 0 Å². The summed E-state index contributed by atoms with van der Waals surface area (Å²) in [6, 6.07) is 12.7. The van der Waals surface area contributed by atoms with Crippen molar-refractivity contribution < 1.29 is 9.59 Å². The molecular formula is C22H19ClN4O2. The number of benzene rings is 2. The molecular weight excluding hydrogens is 388 g/mol. The van der Waals surface area contributed by atoms with Crippen molar-refractivity contribution in [3.63, 3.8) is 0 Å². The second kappa shape index (κ2) is 8.32. The van der Waals surface area contributed by atoms with Crippen LogP contribution in [0.4, 0.5) is 5.69 Å². The maximum Gasteiger partial charge on any atom is 0.251 e. The van der Waals surface area contributed by atoms with E-state index < -0.39 is 0 Å². The van der Waals surface area contributed by atoms with Gasteiger partial charge in [-0.05, 0) is 54.8 Å². The Bertz CT molecular complexity index is 1050. The first kappa shape index (κ1) is 19.0. The average Bonchev–Trinajstić information content (AvgIpc) is 3.36. The predicted molar refractivity (Wildman–Crippen MR) is 113 cm³/mol. The Labute approximate surface area is 173 Å². The Hall–Kier alpha value is -3.38. The summed E-state index contributed by atoms with van der Waals surface area (Å²) in [5.41, 5.74) is 2.83. The van der Waals surface area contributed by atoms with Crippen LogP contribution in [0, 0.1) is 0 Å². The van der Waals surface area contributed by atoms with Gasteiger partial charge in [-0.25, -0.2) is 4.98 Å². The minimum atomic E-state index is -0.271. The van der Waals surface area contributed by atoms with Gasteiger partial charge in [0.2, 0.25) is 5.91 Å². The Morgan fingerprint density at radius 3 is 2.59 bits per heavy atom. The van der Waals surface area contributed by atoms with E-state index in [9.17, 15) is 9.59 Å². The molecule has 1 heterocycles. The quantitative estimate of drug-likeness (QED) is 0.606. The van der Waals surface area contributed by atoms with Crippen molar-refractivity contribution in [2.24, 2.45) is 0 Å². The summed E-state index contributed by atoms with van der Waals surface area (Å²) in [6.07, 6.45) is 10.4. The summed E-state index contributed by atoms with van der Waals surface area (Å²) >= 11 is 6.30. The third kappa shape index (κ3) is 4.92. The van der Waals surface area contributed by atoms with Crippen molar-refractivity contribution in [2.75, 3.05) is 5.32 Å². The largest absolute Gasteiger partial charge is 0.349 e. The van der Waals surface area contributed by atoms with Gasteiger partial charge in [0.05, 0.1) is 17.0 Å². The molecule has 0 spiro atoms. The van der Waals surface area contributed by atoms with E-state index in [2.05, 4.69) is 15.6 Å². The van der Waals surface area contributed by atoms with E-state index in [0.29, 0.717) is 22.3 Å². The van der Waals surface area contributed by atoms with Crippen LogP contribution in [0.1, 0.15) is 28.8 Å². The predicted octanol–water partition coefficient (Wildman–Crippen LogP) is 4.07. The van der Waals surface area contributed by atoms with Gasteiger partial charge in [0, 0.05) is 35.8 Å². The number of rotatable bonds is 6. The van der Waals surface area contributed by atoms with Crippen LogP contribution < -0.4 is 10.6 Å². The number of hydrogen-bond donors (Lipinski definition) is 2. The first-order chi connectivity index (χ1) is 14.1. The van der Waals surface area contributed by atoms with Gasteiger partial charge in [-0.15, -0.1) is 0 Å². The molecule has 1 saturated carbocycles. The van der Waals surface area contributed by atoms with Crippen LogP contribution in [0.15, 0.2) is 67.3 Å². The van der Waals surface area contributed by atoms with E-state index in [-0.39, 0.29) is 11.8 Å². The molecule has 2 amide bonds. The number of halogens is 1. The van der Waals surface area contributed by atoms with Gasteiger partial charge in [-0.3, -0.25) is 9.59 Å². The Morgan fingerprint density at radius 1 is 1.14 bits per heavy atom. The highest BCUT2D eigenvalue weighted by atomic mass is 35.5. The molecule has 146 valence electrons. The fourth-order valence-electron chi connectivity index (χ4n) is 2.79. The molecule has 3 aromatic rings. The second-order valence-electron chi connectivity index (χ2n) is 6.83. The second-order valence-corrected chi connectivity index (χ2v) is 7.24. The highest BCUT2D eigenvalue weighted by molar-refractivity contribution is 6.32. The molecule has 0 radical (unpaired) electrons. The topological polar surface area (TPSA) is 76.0 Å². The smallest absolute Gasteiger partial charge is 0.251 e. The molecule has 0 bridgehead atoms. The highest BCUT2D eigenvalue weighted by Gasteiger charge is 2.23. The van der Waals surface area contributed by atoms with Gasteiger partial charge in [-0.1, -0.05) is 23.7 Å². The summed E-state index contributed by atoms with van der Waals surface area (Å²) in [6.45, 7) is 0. The monoisotopic (exact) mass is 406 g/mol. The zero-order valence-electron chi connectivity index (χ0n) is 15.5. The van der Waals surface area contributed by atoms with Crippen LogP contribution in [-0.4, -0.2) is 27.4 Å². The average molecular weight is 407 g/mol. The van der Waals surface area contributed by atoms with Crippen molar-refractivity contribution >= 4 is 35.2 Å². The number of nitrogens with zero attached hydrogens (tertiary/aromatic N) is 2. The van der Waals surface area contributed by atoms with Gasteiger partial charge in [0.1, 0.15) is 0 Å². The maximum absolute atomic E-state index is 12.2. The van der Waals surface area contributed by atoms with Gasteiger partial charge >= 0.3 is 0 Å². The van der Waals surface area contributed by atoms with Crippen LogP contribution in [0.5, 0.6) is 0 Å². The first-order valence-corrected chi connectivity index (χ1v) is 9.64. The molecule has 7 heteroatoms. The standard InChI is InChI=1S/C22H19ClN4O2/c23-19-13-18(8-9-20(19)27-12-11-24-14-27)25-21(28)10-3-15-1-4-16(5-2-15)22(29)26-17-6-7-17/h1-5,8-14,17H,6-7H2,(H,25,28)(H,26,29)/b10-3+. The molecule has 6 nitrogen and oxygen atoms in total. The van der Waals surface area contributed by atoms with Gasteiger partial charge < -0.3 is 15.2 Å². The number of imidazole rings is 1. The van der Waals surface area contributed by atoms with Gasteiger partial charge in [0.15, 0.2) is 0 Å². The molecule has 29 heavy (non-hydrogen) atoms. The number of aromatic nitrogens is 2. The van der Waals surface area contributed by atoms with Crippen molar-refractivity contribution in [3.8, 4) is 5.69 Å². The lowest BCUT2D eigenvalue weighted by atomic mass is 10.1. The van der Waals surface area contributed by atoms with E-state index in [4.69, 9.17) is 11.6 Å². The summed E-state index contributed by atoms with van der Waals surface area (Å²) < 4.78 is 1.79. The first-order valence-electron chi connectivity index (χ1n) is 9.26. The van der Waals surface area contributed by atoms with Crippen molar-refractivity contribution in [3.05, 3.63) is 83.4 Å². The zero-order valence-corrected chi connectivity index (χ0v) is 16.3. The van der Waals surface area contributed by atoms with Crippen LogP contribution >= 0.6 is 11.6 Å². The minimum absolute atomic E-state index is 0.0585. The van der Waals surface area contributed by atoms with E-state index in [1.165, 1.54) is 6.08 Å². The normalized spacial score (nSPS) is 13.4. The number of carbonyl (C=O) groups is 2. The molecule has 0 unspecified atom stereocenters. The molecule has 4 rings (SSSR count). The number of nitrogens with one attached hydrogen (secondary N) is 2. The third-order valence-corrected chi connectivity index (χ3v) is 4.81. The van der Waals surface area contributed by atoms with Crippen molar-refractivity contribution in [2.45, 2.75) is 18.9 Å². The van der Waals surface area contributed by atoms with E-state index in [0.717, 1.165) is 24.1 Å². The minimum Gasteiger partial charge on any atom is -0.349 e. The summed E-state index contributed by atoms with van der Waals surface area (Å²) in [5, 5.41) is 6.24. The van der Waals surface area contributed by atoms with Crippen LogP contribution in [-0.2, 0) is 4.79 Å². The number of carbonyl (C=O) groups excluding carboxylic acids is 2. The molecule has 2 N–H and O–H groups in total. The summed E-state index contributed by atoms with van der Waals surface area (Å²) in [5.74, 6) is -0.330. The van der Waals surface area contributed by atoms with Gasteiger partial charge in [-0.2, -0.15) is 0 Å². The molecule has 1 aromatic heterocycles. The fourth-order valence-corrected chi connectivity index (χ4v) is 3.07. The van der Waals surface area contributed by atoms with E-state index in [1.54, 1.807) is 53.6 Å². The lowest BCUT2D eigenvalue weighted by Gasteiger charge is -2.08. The fraction of sp³-hybridized carbons (Fsp3) is 0.136. The molecule has 1 aliphatic rings. The number of hydrogen-bond acceptors (Lipinski definition) is 3.